The molecule has 0 saturated heterocycles. The third-order valence-electron chi connectivity index (χ3n) is 6.44. The number of carbonyl (C=O) groups excluding carboxylic acids is 1. The minimum absolute atomic E-state index is 0.0127. The van der Waals surface area contributed by atoms with Crippen LogP contribution in [0.25, 0.3) is 0 Å². The number of ketones is 1. The number of aromatic nitrogens is 1. The highest BCUT2D eigenvalue weighted by Crippen LogP contribution is 2.68. The minimum atomic E-state index is -2.60. The maximum Gasteiger partial charge on any atom is 0.253 e. The van der Waals surface area contributed by atoms with Crippen molar-refractivity contribution < 1.29 is 22.7 Å². The van der Waals surface area contributed by atoms with E-state index in [1.807, 2.05) is 0 Å². The van der Waals surface area contributed by atoms with Crippen LogP contribution in [0, 0.1) is 31.0 Å². The minimum Gasteiger partial charge on any atom is -0.476 e. The Balaban J connectivity index is 1.60. The normalized spacial score (nSPS) is 26.3. The number of Topliss-reactive ketones (excluding diaryl/α,β-unsaturated/α-hetero) is 1. The van der Waals surface area contributed by atoms with Crippen molar-refractivity contribution in [1.82, 2.24) is 4.98 Å². The van der Waals surface area contributed by atoms with Gasteiger partial charge in [-0.3, -0.25) is 9.79 Å². The number of amidine groups is 1. The number of alkyl halides is 2. The van der Waals surface area contributed by atoms with E-state index in [0.29, 0.717) is 16.9 Å². The lowest BCUT2D eigenvalue weighted by atomic mass is 9.84. The monoisotopic (exact) mass is 487 g/mol. The van der Waals surface area contributed by atoms with Crippen LogP contribution in [0.1, 0.15) is 47.4 Å². The fraction of sp³-hybridized carbons (Fsp3) is 0.400. The Labute approximate surface area is 200 Å². The molecule has 4 rings (SSSR count). The maximum absolute atomic E-state index is 14.9. The molecule has 0 bridgehead atoms. The lowest BCUT2D eigenvalue weighted by molar-refractivity contribution is 0.0987. The van der Waals surface area contributed by atoms with Crippen molar-refractivity contribution in [2.24, 2.45) is 16.6 Å². The number of fused-ring (bicyclic) bond motifs is 1. The van der Waals surface area contributed by atoms with Crippen LogP contribution in [-0.4, -0.2) is 33.2 Å². The van der Waals surface area contributed by atoms with E-state index in [9.17, 15) is 18.0 Å². The lowest BCUT2D eigenvalue weighted by Gasteiger charge is -2.34. The number of aryl methyl sites for hydroxylation is 1. The molecule has 1 saturated carbocycles. The summed E-state index contributed by atoms with van der Waals surface area (Å²) in [7, 11) is 0. The molecule has 2 aromatic rings. The molecule has 0 radical (unpaired) electrons. The van der Waals surface area contributed by atoms with Crippen LogP contribution in [-0.2, 0) is 12.0 Å². The van der Waals surface area contributed by atoms with Crippen LogP contribution in [0.5, 0.6) is 5.75 Å². The number of carbonyl (C=O) groups is 1. The van der Waals surface area contributed by atoms with Gasteiger partial charge >= 0.3 is 0 Å². The van der Waals surface area contributed by atoms with Gasteiger partial charge in [-0.15, -0.1) is 6.42 Å². The summed E-state index contributed by atoms with van der Waals surface area (Å²) >= 11 is 0.865. The second-order valence-corrected chi connectivity index (χ2v) is 10.3. The third-order valence-corrected chi connectivity index (χ3v) is 7.75. The van der Waals surface area contributed by atoms with Crippen LogP contribution >= 0.6 is 11.8 Å². The predicted octanol–water partition coefficient (Wildman–Crippen LogP) is 4.66. The molecule has 2 N–H and O–H groups in total. The highest BCUT2D eigenvalue weighted by Gasteiger charge is 2.71. The third kappa shape index (κ3) is 4.16. The number of ether oxygens (including phenoxy) is 1. The molecule has 0 amide bonds. The number of thioether (sulfide) groups is 1. The quantitative estimate of drug-likeness (QED) is 0.454. The van der Waals surface area contributed by atoms with Crippen molar-refractivity contribution in [2.45, 2.75) is 56.4 Å². The number of nitrogens with zero attached hydrogens (tertiary/aromatic N) is 2. The van der Waals surface area contributed by atoms with Crippen molar-refractivity contribution in [3.8, 4) is 18.1 Å². The van der Waals surface area contributed by atoms with Crippen LogP contribution in [0.3, 0.4) is 0 Å². The first-order valence-electron chi connectivity index (χ1n) is 10.7. The first-order chi connectivity index (χ1) is 16.0. The van der Waals surface area contributed by atoms with E-state index >= 15 is 0 Å². The van der Waals surface area contributed by atoms with Crippen molar-refractivity contribution in [1.29, 1.82) is 0 Å². The first-order valence-corrected chi connectivity index (χ1v) is 11.6. The van der Waals surface area contributed by atoms with Gasteiger partial charge in [-0.05, 0) is 56.5 Å². The van der Waals surface area contributed by atoms with E-state index in [2.05, 4.69) is 15.9 Å². The Morgan fingerprint density at radius 1 is 1.41 bits per heavy atom. The molecule has 0 spiro atoms. The van der Waals surface area contributed by atoms with Crippen molar-refractivity contribution in [2.75, 3.05) is 0 Å². The van der Waals surface area contributed by atoms with Gasteiger partial charge in [-0.2, -0.15) is 0 Å². The van der Waals surface area contributed by atoms with E-state index in [-0.39, 0.29) is 35.0 Å². The number of nitrogens with two attached hydrogens (primary N) is 1. The van der Waals surface area contributed by atoms with Gasteiger partial charge in [0, 0.05) is 17.9 Å². The number of aliphatic imine (C=N–C) groups is 1. The number of halogens is 3. The van der Waals surface area contributed by atoms with E-state index in [1.165, 1.54) is 24.4 Å². The standard InChI is InChI=1S/C25H24F3N3O2S/c1-5-14(3)33-16-8-13(2)21(30-12-16)19(32)10-15-6-7-18(26)17(9-15)24(4)20-11-25(20,22(27)28)34-23(29)31-24/h1,6-9,12,14,20,22H,10-11H2,2-4H3,(H2,29,31)/t14-,20-,24+,25-/m0/s1. The first kappa shape index (κ1) is 24.1. The fourth-order valence-electron chi connectivity index (χ4n) is 4.59. The summed E-state index contributed by atoms with van der Waals surface area (Å²) in [4.78, 5) is 21.6. The van der Waals surface area contributed by atoms with Crippen LogP contribution in [0.15, 0.2) is 35.5 Å². The van der Waals surface area contributed by atoms with Gasteiger partial charge in [0.15, 0.2) is 17.1 Å². The SMILES string of the molecule is C#C[C@H](C)Oc1cnc(C(=O)Cc2ccc(F)c([C@@]3(C)N=C(N)S[C@@]4(C(F)F)C[C@@H]34)c2)c(C)c1. The number of hydrogen-bond donors (Lipinski definition) is 1. The summed E-state index contributed by atoms with van der Waals surface area (Å²) < 4.78 is 46.7. The smallest absolute Gasteiger partial charge is 0.253 e. The molecule has 1 aromatic carbocycles. The zero-order chi connectivity index (χ0) is 24.8. The molecule has 178 valence electrons. The fourth-order valence-corrected chi connectivity index (χ4v) is 5.92. The number of hydrogen-bond acceptors (Lipinski definition) is 6. The molecular weight excluding hydrogens is 463 g/mol. The summed E-state index contributed by atoms with van der Waals surface area (Å²) in [5.41, 5.74) is 6.19. The Bertz CT molecular complexity index is 1230. The van der Waals surface area contributed by atoms with Crippen LogP contribution in [0.2, 0.25) is 0 Å². The van der Waals surface area contributed by atoms with Crippen LogP contribution in [0.4, 0.5) is 13.2 Å². The van der Waals surface area contributed by atoms with Crippen molar-refractivity contribution >= 4 is 22.7 Å². The Morgan fingerprint density at radius 2 is 2.15 bits per heavy atom. The molecule has 0 unspecified atom stereocenters. The number of rotatable bonds is 7. The maximum atomic E-state index is 14.9. The van der Waals surface area contributed by atoms with E-state index in [1.54, 1.807) is 26.8 Å². The van der Waals surface area contributed by atoms with Gasteiger partial charge in [0.25, 0.3) is 6.43 Å². The summed E-state index contributed by atoms with van der Waals surface area (Å²) in [5, 5.41) is 0.0127. The van der Waals surface area contributed by atoms with Crippen molar-refractivity contribution in [3.05, 3.63) is 58.7 Å². The topological polar surface area (TPSA) is 77.6 Å². The predicted molar refractivity (Wildman–Crippen MR) is 126 cm³/mol. The summed E-state index contributed by atoms with van der Waals surface area (Å²) in [6, 6.07) is 5.94. The average molecular weight is 488 g/mol. The molecule has 2 heterocycles. The lowest BCUT2D eigenvalue weighted by Crippen LogP contribution is -2.39. The highest BCUT2D eigenvalue weighted by atomic mass is 32.2. The zero-order valence-corrected chi connectivity index (χ0v) is 19.8. The summed E-state index contributed by atoms with van der Waals surface area (Å²) in [5.74, 6) is 1.50. The van der Waals surface area contributed by atoms with Crippen molar-refractivity contribution in [3.63, 3.8) is 0 Å². The highest BCUT2D eigenvalue weighted by molar-refractivity contribution is 8.15. The van der Waals surface area contributed by atoms with E-state index in [4.69, 9.17) is 16.9 Å². The molecule has 34 heavy (non-hydrogen) atoms. The second-order valence-electron chi connectivity index (χ2n) is 8.89. The van der Waals surface area contributed by atoms with E-state index < -0.39 is 34.6 Å². The Morgan fingerprint density at radius 3 is 2.79 bits per heavy atom. The van der Waals surface area contributed by atoms with Gasteiger partial charge in [0.2, 0.25) is 0 Å². The number of pyridine rings is 1. The van der Waals surface area contributed by atoms with Gasteiger partial charge < -0.3 is 10.5 Å². The molecule has 9 heteroatoms. The zero-order valence-electron chi connectivity index (χ0n) is 18.9. The van der Waals surface area contributed by atoms with Gasteiger partial charge in [0.1, 0.15) is 17.3 Å². The summed E-state index contributed by atoms with van der Waals surface area (Å²) in [6.07, 6.45) is 3.85. The molecule has 4 atom stereocenters. The summed E-state index contributed by atoms with van der Waals surface area (Å²) in [6.45, 7) is 5.08. The number of terminal acetylenes is 1. The Kier molecular flexibility index (Phi) is 6.15. The van der Waals surface area contributed by atoms with Crippen LogP contribution < -0.4 is 10.5 Å². The molecule has 5 nitrogen and oxygen atoms in total. The average Bonchev–Trinajstić information content (AvgIpc) is 3.52. The largest absolute Gasteiger partial charge is 0.476 e. The molecule has 2 aliphatic rings. The van der Waals surface area contributed by atoms with Gasteiger partial charge in [-0.25, -0.2) is 18.2 Å². The van der Waals surface area contributed by atoms with E-state index in [0.717, 1.165) is 11.8 Å². The molecule has 1 aromatic heterocycles. The van der Waals surface area contributed by atoms with Gasteiger partial charge in [-0.1, -0.05) is 23.7 Å². The second kappa shape index (κ2) is 8.66. The Hall–Kier alpha value is -2.99. The van der Waals surface area contributed by atoms with Gasteiger partial charge in [0.05, 0.1) is 16.5 Å². The molecule has 1 aliphatic heterocycles. The molecule has 1 aliphatic carbocycles. The molecular formula is C25H24F3N3O2S. The molecule has 1 fully saturated rings. The number of benzene rings is 1.